The maximum absolute atomic E-state index is 12.7. The van der Waals surface area contributed by atoms with Gasteiger partial charge in [-0.25, -0.2) is 0 Å². The summed E-state index contributed by atoms with van der Waals surface area (Å²) in [6, 6.07) is 8.94. The average Bonchev–Trinajstić information content (AvgIpc) is 2.69. The predicted molar refractivity (Wildman–Crippen MR) is 80.5 cm³/mol. The first-order valence-corrected chi connectivity index (χ1v) is 6.81. The Balaban J connectivity index is 2.20. The summed E-state index contributed by atoms with van der Waals surface area (Å²) in [6.07, 6.45) is 3.18. The van der Waals surface area contributed by atoms with Crippen LogP contribution in [0.1, 0.15) is 35.3 Å². The molecule has 0 spiro atoms. The van der Waals surface area contributed by atoms with E-state index in [0.717, 1.165) is 11.3 Å². The van der Waals surface area contributed by atoms with Crippen LogP contribution in [-0.4, -0.2) is 23.7 Å². The number of pyridine rings is 1. The van der Waals surface area contributed by atoms with Gasteiger partial charge < -0.3 is 4.90 Å². The number of hydrogen-bond donors (Lipinski definition) is 0. The van der Waals surface area contributed by atoms with Gasteiger partial charge in [0.05, 0.1) is 5.41 Å². The van der Waals surface area contributed by atoms with Gasteiger partial charge in [0.1, 0.15) is 0 Å². The Morgan fingerprint density at radius 3 is 2.62 bits per heavy atom. The number of anilines is 1. The summed E-state index contributed by atoms with van der Waals surface area (Å²) in [5, 5.41) is 0. The van der Waals surface area contributed by atoms with Crippen molar-refractivity contribution in [2.75, 3.05) is 11.9 Å². The minimum Gasteiger partial charge on any atom is -0.314 e. The van der Waals surface area contributed by atoms with Crippen LogP contribution < -0.4 is 4.90 Å². The zero-order valence-electron chi connectivity index (χ0n) is 12.3. The molecule has 0 N–H and O–H groups in total. The van der Waals surface area contributed by atoms with E-state index in [9.17, 15) is 9.59 Å². The molecule has 0 saturated heterocycles. The van der Waals surface area contributed by atoms with Crippen molar-refractivity contribution < 1.29 is 9.59 Å². The molecule has 0 fully saturated rings. The second-order valence-electron chi connectivity index (χ2n) is 5.76. The smallest absolute Gasteiger partial charge is 0.236 e. The van der Waals surface area contributed by atoms with Crippen molar-refractivity contribution in [3.8, 4) is 0 Å². The number of hydrogen-bond acceptors (Lipinski definition) is 3. The first kappa shape index (κ1) is 13.5. The largest absolute Gasteiger partial charge is 0.314 e. The van der Waals surface area contributed by atoms with Gasteiger partial charge in [-0.15, -0.1) is 0 Å². The summed E-state index contributed by atoms with van der Waals surface area (Å²) in [4.78, 5) is 30.7. The number of nitrogens with zero attached hydrogens (tertiary/aromatic N) is 2. The number of benzene rings is 1. The molecule has 1 aromatic carbocycles. The van der Waals surface area contributed by atoms with Gasteiger partial charge in [0.2, 0.25) is 5.91 Å². The van der Waals surface area contributed by atoms with Crippen LogP contribution in [0, 0.1) is 0 Å². The standard InChI is InChI=1S/C17H16N2O2/c1-17(2)14-12(15(20)11-6-5-9-18-10-11)7-4-8-13(14)19(3)16(17)21/h4-10H,1-3H3. The van der Waals surface area contributed by atoms with E-state index in [1.54, 1.807) is 42.5 Å². The molecule has 106 valence electrons. The van der Waals surface area contributed by atoms with Crippen molar-refractivity contribution in [1.82, 2.24) is 4.98 Å². The van der Waals surface area contributed by atoms with Crippen LogP contribution in [0.5, 0.6) is 0 Å². The van der Waals surface area contributed by atoms with E-state index in [1.165, 1.54) is 0 Å². The molecule has 1 aliphatic heterocycles. The van der Waals surface area contributed by atoms with Gasteiger partial charge in [0.15, 0.2) is 5.78 Å². The van der Waals surface area contributed by atoms with Crippen molar-refractivity contribution in [3.63, 3.8) is 0 Å². The molecule has 21 heavy (non-hydrogen) atoms. The average molecular weight is 280 g/mol. The molecule has 0 aliphatic carbocycles. The molecule has 1 amide bonds. The summed E-state index contributed by atoms with van der Waals surface area (Å²) in [6.45, 7) is 3.72. The van der Waals surface area contributed by atoms with E-state index in [0.29, 0.717) is 11.1 Å². The van der Waals surface area contributed by atoms with E-state index in [4.69, 9.17) is 0 Å². The zero-order valence-corrected chi connectivity index (χ0v) is 12.3. The fourth-order valence-electron chi connectivity index (χ4n) is 2.95. The number of aromatic nitrogens is 1. The third kappa shape index (κ3) is 1.87. The molecule has 0 atom stereocenters. The predicted octanol–water partition coefficient (Wildman–Crippen LogP) is 2.57. The molecule has 0 saturated carbocycles. The number of amides is 1. The highest BCUT2D eigenvalue weighted by Crippen LogP contribution is 2.43. The zero-order chi connectivity index (χ0) is 15.2. The Morgan fingerprint density at radius 2 is 1.95 bits per heavy atom. The van der Waals surface area contributed by atoms with Gasteiger partial charge in [0.25, 0.3) is 0 Å². The lowest BCUT2D eigenvalue weighted by atomic mass is 9.81. The molecule has 0 bridgehead atoms. The van der Waals surface area contributed by atoms with Gasteiger partial charge in [-0.05, 0) is 32.0 Å². The van der Waals surface area contributed by atoms with E-state index < -0.39 is 5.41 Å². The SMILES string of the molecule is CN1C(=O)C(C)(C)c2c(C(=O)c3cccnc3)cccc21. The van der Waals surface area contributed by atoms with Crippen LogP contribution in [0.15, 0.2) is 42.7 Å². The van der Waals surface area contributed by atoms with Crippen molar-refractivity contribution >= 4 is 17.4 Å². The lowest BCUT2D eigenvalue weighted by Gasteiger charge is -2.18. The number of carbonyl (C=O) groups excluding carboxylic acids is 2. The summed E-state index contributed by atoms with van der Waals surface area (Å²) in [7, 11) is 1.74. The van der Waals surface area contributed by atoms with Crippen LogP contribution >= 0.6 is 0 Å². The van der Waals surface area contributed by atoms with E-state index in [1.807, 2.05) is 26.0 Å². The van der Waals surface area contributed by atoms with Gasteiger partial charge in [-0.1, -0.05) is 12.1 Å². The fraction of sp³-hybridized carbons (Fsp3) is 0.235. The van der Waals surface area contributed by atoms with Crippen LogP contribution in [0.25, 0.3) is 0 Å². The van der Waals surface area contributed by atoms with Crippen LogP contribution in [0.2, 0.25) is 0 Å². The van der Waals surface area contributed by atoms with Crippen molar-refractivity contribution in [2.24, 2.45) is 0 Å². The van der Waals surface area contributed by atoms with Crippen LogP contribution in [0.3, 0.4) is 0 Å². The van der Waals surface area contributed by atoms with Gasteiger partial charge in [0, 0.05) is 41.8 Å². The molecule has 4 heteroatoms. The lowest BCUT2D eigenvalue weighted by molar-refractivity contribution is -0.121. The van der Waals surface area contributed by atoms with Crippen molar-refractivity contribution in [3.05, 3.63) is 59.4 Å². The molecular formula is C17H16N2O2. The summed E-state index contributed by atoms with van der Waals surface area (Å²) >= 11 is 0. The molecule has 0 radical (unpaired) electrons. The molecule has 0 unspecified atom stereocenters. The highest BCUT2D eigenvalue weighted by atomic mass is 16.2. The van der Waals surface area contributed by atoms with Gasteiger partial charge in [-0.3, -0.25) is 14.6 Å². The normalized spacial score (nSPS) is 16.0. The second kappa shape index (κ2) is 4.52. The maximum atomic E-state index is 12.7. The maximum Gasteiger partial charge on any atom is 0.236 e. The topological polar surface area (TPSA) is 50.3 Å². The third-order valence-electron chi connectivity index (χ3n) is 4.04. The van der Waals surface area contributed by atoms with Crippen LogP contribution in [0.4, 0.5) is 5.69 Å². The molecule has 1 aromatic heterocycles. The van der Waals surface area contributed by atoms with Crippen molar-refractivity contribution in [2.45, 2.75) is 19.3 Å². The molecule has 3 rings (SSSR count). The lowest BCUT2D eigenvalue weighted by Crippen LogP contribution is -2.33. The minimum absolute atomic E-state index is 0.00365. The Kier molecular flexibility index (Phi) is 2.90. The number of ketones is 1. The number of fused-ring (bicyclic) bond motifs is 1. The van der Waals surface area contributed by atoms with Gasteiger partial charge >= 0.3 is 0 Å². The molecule has 4 nitrogen and oxygen atoms in total. The first-order chi connectivity index (χ1) is 9.94. The minimum atomic E-state index is -0.696. The third-order valence-corrected chi connectivity index (χ3v) is 4.04. The Hall–Kier alpha value is -2.49. The van der Waals surface area contributed by atoms with E-state index in [2.05, 4.69) is 4.98 Å². The van der Waals surface area contributed by atoms with E-state index >= 15 is 0 Å². The molecule has 2 heterocycles. The summed E-state index contributed by atoms with van der Waals surface area (Å²) in [5.41, 5.74) is 2.01. The highest BCUT2D eigenvalue weighted by Gasteiger charge is 2.44. The van der Waals surface area contributed by atoms with E-state index in [-0.39, 0.29) is 11.7 Å². The fourth-order valence-corrected chi connectivity index (χ4v) is 2.95. The highest BCUT2D eigenvalue weighted by molar-refractivity contribution is 6.16. The quantitative estimate of drug-likeness (QED) is 0.794. The van der Waals surface area contributed by atoms with Crippen molar-refractivity contribution in [1.29, 1.82) is 0 Å². The Bertz CT molecular complexity index is 736. The summed E-state index contributed by atoms with van der Waals surface area (Å²) < 4.78 is 0. The number of carbonyl (C=O) groups is 2. The molecule has 2 aromatic rings. The number of likely N-dealkylation sites (N-methyl/N-ethyl adjacent to an activating group) is 1. The van der Waals surface area contributed by atoms with Crippen LogP contribution in [-0.2, 0) is 10.2 Å². The number of rotatable bonds is 2. The molecule has 1 aliphatic rings. The summed E-state index contributed by atoms with van der Waals surface area (Å²) in [5.74, 6) is -0.0972. The second-order valence-corrected chi connectivity index (χ2v) is 5.76. The first-order valence-electron chi connectivity index (χ1n) is 6.81. The Morgan fingerprint density at radius 1 is 1.19 bits per heavy atom. The Labute approximate surface area is 123 Å². The molecular weight excluding hydrogens is 264 g/mol. The monoisotopic (exact) mass is 280 g/mol. The van der Waals surface area contributed by atoms with Gasteiger partial charge in [-0.2, -0.15) is 0 Å².